The van der Waals surface area contributed by atoms with Gasteiger partial charge in [-0.05, 0) is 0 Å². The van der Waals surface area contributed by atoms with E-state index in [0.717, 1.165) is 4.90 Å². The molecule has 0 saturated heterocycles. The van der Waals surface area contributed by atoms with E-state index < -0.39 is 0 Å². The summed E-state index contributed by atoms with van der Waals surface area (Å²) in [6.45, 7) is 1.35. The quantitative estimate of drug-likeness (QED) is 0.278. The van der Waals surface area contributed by atoms with Gasteiger partial charge >= 0.3 is 0 Å². The number of hydrogen-bond donors (Lipinski definition) is 0. The lowest BCUT2D eigenvalue weighted by molar-refractivity contribution is -0.125. The number of hydrogen-bond acceptors (Lipinski definition) is 2. The van der Waals surface area contributed by atoms with Crippen molar-refractivity contribution in [2.24, 2.45) is 0 Å². The standard InChI is InChI=1S/C6H6N2O/c1-3-4-8(5-7)6(2)9/h1H,4H2,2H3. The molecule has 0 unspecified atom stereocenters. The molecule has 0 heterocycles. The lowest BCUT2D eigenvalue weighted by atomic mass is 10.5. The minimum Gasteiger partial charge on any atom is -0.274 e. The predicted molar refractivity (Wildman–Crippen MR) is 31.8 cm³/mol. The summed E-state index contributed by atoms with van der Waals surface area (Å²) in [5.41, 5.74) is 0. The molecule has 0 atom stereocenters. The SMILES string of the molecule is C#CCN(C#N)C(C)=O. The van der Waals surface area contributed by atoms with E-state index in [2.05, 4.69) is 5.92 Å². The zero-order chi connectivity index (χ0) is 7.28. The summed E-state index contributed by atoms with van der Waals surface area (Å²) >= 11 is 0. The van der Waals surface area contributed by atoms with Gasteiger partial charge < -0.3 is 0 Å². The van der Waals surface area contributed by atoms with Crippen LogP contribution in [0.3, 0.4) is 0 Å². The number of nitrogens with zero attached hydrogens (tertiary/aromatic N) is 2. The first-order valence-electron chi connectivity index (χ1n) is 2.33. The van der Waals surface area contributed by atoms with E-state index in [1.807, 2.05) is 0 Å². The van der Waals surface area contributed by atoms with E-state index in [-0.39, 0.29) is 12.5 Å². The van der Waals surface area contributed by atoms with E-state index in [1.165, 1.54) is 6.92 Å². The Bertz CT molecular complexity index is 184. The fourth-order valence-corrected chi connectivity index (χ4v) is 0.308. The molecule has 9 heavy (non-hydrogen) atoms. The Morgan fingerprint density at radius 2 is 2.44 bits per heavy atom. The summed E-state index contributed by atoms with van der Waals surface area (Å²) in [4.78, 5) is 11.3. The number of nitriles is 1. The average Bonchev–Trinajstić information content (AvgIpc) is 1.82. The van der Waals surface area contributed by atoms with Crippen LogP contribution in [0, 0.1) is 23.8 Å². The first kappa shape index (κ1) is 7.52. The van der Waals surface area contributed by atoms with Gasteiger partial charge in [-0.15, -0.1) is 6.42 Å². The van der Waals surface area contributed by atoms with Gasteiger partial charge in [0, 0.05) is 6.92 Å². The second kappa shape index (κ2) is 3.51. The van der Waals surface area contributed by atoms with Crippen LogP contribution in [0.1, 0.15) is 6.92 Å². The fourth-order valence-electron chi connectivity index (χ4n) is 0.308. The molecular formula is C6H6N2O. The third kappa shape index (κ3) is 2.36. The molecule has 46 valence electrons. The van der Waals surface area contributed by atoms with E-state index in [0.29, 0.717) is 0 Å². The molecule has 0 saturated carbocycles. The highest BCUT2D eigenvalue weighted by atomic mass is 16.2. The summed E-state index contributed by atoms with van der Waals surface area (Å²) in [6, 6.07) is 0. The van der Waals surface area contributed by atoms with E-state index in [1.54, 1.807) is 6.19 Å². The maximum atomic E-state index is 10.4. The molecule has 0 N–H and O–H groups in total. The fraction of sp³-hybridized carbons (Fsp3) is 0.333. The monoisotopic (exact) mass is 122 g/mol. The van der Waals surface area contributed by atoms with E-state index in [4.69, 9.17) is 11.7 Å². The van der Waals surface area contributed by atoms with E-state index in [9.17, 15) is 4.79 Å². The van der Waals surface area contributed by atoms with Crippen LogP contribution in [0.25, 0.3) is 0 Å². The van der Waals surface area contributed by atoms with Crippen LogP contribution >= 0.6 is 0 Å². The molecule has 0 aromatic carbocycles. The smallest absolute Gasteiger partial charge is 0.233 e. The van der Waals surface area contributed by atoms with Gasteiger partial charge in [-0.25, -0.2) is 4.90 Å². The lowest BCUT2D eigenvalue weighted by Crippen LogP contribution is -2.23. The molecule has 0 spiro atoms. The van der Waals surface area contributed by atoms with Gasteiger partial charge in [0.15, 0.2) is 6.19 Å². The number of terminal acetylenes is 1. The van der Waals surface area contributed by atoms with Crippen molar-refractivity contribution in [2.75, 3.05) is 6.54 Å². The number of amides is 1. The predicted octanol–water partition coefficient (Wildman–Crippen LogP) is -0.0508. The third-order valence-corrected chi connectivity index (χ3v) is 0.750. The topological polar surface area (TPSA) is 44.1 Å². The molecule has 0 aromatic rings. The molecular weight excluding hydrogens is 116 g/mol. The Morgan fingerprint density at radius 3 is 2.56 bits per heavy atom. The molecule has 1 amide bonds. The van der Waals surface area contributed by atoms with Crippen molar-refractivity contribution in [3.63, 3.8) is 0 Å². The van der Waals surface area contributed by atoms with Gasteiger partial charge in [0.25, 0.3) is 0 Å². The van der Waals surface area contributed by atoms with Crippen LogP contribution < -0.4 is 0 Å². The summed E-state index contributed by atoms with van der Waals surface area (Å²) < 4.78 is 0. The summed E-state index contributed by atoms with van der Waals surface area (Å²) in [5, 5.41) is 8.19. The van der Waals surface area contributed by atoms with Gasteiger partial charge in [0.2, 0.25) is 5.91 Å². The van der Waals surface area contributed by atoms with Crippen LogP contribution in [-0.2, 0) is 4.79 Å². The van der Waals surface area contributed by atoms with Crippen molar-refractivity contribution in [2.45, 2.75) is 6.92 Å². The molecule has 0 aliphatic carbocycles. The van der Waals surface area contributed by atoms with Crippen molar-refractivity contribution < 1.29 is 4.79 Å². The Hall–Kier alpha value is -1.48. The Balaban J connectivity index is 3.91. The Kier molecular flexibility index (Phi) is 2.94. The zero-order valence-electron chi connectivity index (χ0n) is 5.09. The molecule has 0 rings (SSSR count). The highest BCUT2D eigenvalue weighted by Gasteiger charge is 2.02. The van der Waals surface area contributed by atoms with Crippen molar-refractivity contribution in [1.82, 2.24) is 4.90 Å². The van der Waals surface area contributed by atoms with Crippen LogP contribution in [0.5, 0.6) is 0 Å². The van der Waals surface area contributed by atoms with Crippen LogP contribution in [0.15, 0.2) is 0 Å². The van der Waals surface area contributed by atoms with Crippen molar-refractivity contribution in [3.8, 4) is 18.5 Å². The van der Waals surface area contributed by atoms with Gasteiger partial charge in [0.1, 0.15) is 0 Å². The normalized spacial score (nSPS) is 7.00. The molecule has 3 nitrogen and oxygen atoms in total. The van der Waals surface area contributed by atoms with Crippen LogP contribution in [0.4, 0.5) is 0 Å². The first-order valence-corrected chi connectivity index (χ1v) is 2.33. The van der Waals surface area contributed by atoms with Crippen molar-refractivity contribution in [3.05, 3.63) is 0 Å². The third-order valence-electron chi connectivity index (χ3n) is 0.750. The number of carbonyl (C=O) groups is 1. The number of carbonyl (C=O) groups excluding carboxylic acids is 1. The Morgan fingerprint density at radius 1 is 1.89 bits per heavy atom. The molecule has 0 aliphatic rings. The maximum absolute atomic E-state index is 10.4. The second-order valence-electron chi connectivity index (χ2n) is 1.41. The molecule has 0 fully saturated rings. The van der Waals surface area contributed by atoms with Gasteiger partial charge in [-0.3, -0.25) is 4.79 Å². The molecule has 3 heteroatoms. The largest absolute Gasteiger partial charge is 0.274 e. The molecule has 0 radical (unpaired) electrons. The summed E-state index contributed by atoms with van der Waals surface area (Å²) in [5.74, 6) is 1.86. The average molecular weight is 122 g/mol. The highest BCUT2D eigenvalue weighted by Crippen LogP contribution is 1.82. The number of rotatable bonds is 1. The minimum atomic E-state index is -0.324. The summed E-state index contributed by atoms with van der Waals surface area (Å²) in [7, 11) is 0. The highest BCUT2D eigenvalue weighted by molar-refractivity contribution is 5.75. The Labute approximate surface area is 53.9 Å². The molecule has 0 aromatic heterocycles. The van der Waals surface area contributed by atoms with Crippen molar-refractivity contribution in [1.29, 1.82) is 5.26 Å². The van der Waals surface area contributed by atoms with Crippen LogP contribution in [0.2, 0.25) is 0 Å². The zero-order valence-corrected chi connectivity index (χ0v) is 5.09. The first-order chi connectivity index (χ1) is 4.22. The second-order valence-corrected chi connectivity index (χ2v) is 1.41. The van der Waals surface area contributed by atoms with Crippen LogP contribution in [-0.4, -0.2) is 17.4 Å². The van der Waals surface area contributed by atoms with Gasteiger partial charge in [0.05, 0.1) is 6.54 Å². The van der Waals surface area contributed by atoms with Gasteiger partial charge in [-0.2, -0.15) is 5.26 Å². The summed E-state index contributed by atoms with van der Waals surface area (Å²) in [6.07, 6.45) is 6.49. The lowest BCUT2D eigenvalue weighted by Gasteiger charge is -2.03. The van der Waals surface area contributed by atoms with Crippen molar-refractivity contribution >= 4 is 5.91 Å². The maximum Gasteiger partial charge on any atom is 0.233 e. The van der Waals surface area contributed by atoms with E-state index >= 15 is 0 Å². The molecule has 0 aliphatic heterocycles. The molecule has 0 bridgehead atoms. The minimum absolute atomic E-state index is 0.0613. The van der Waals surface area contributed by atoms with Gasteiger partial charge in [-0.1, -0.05) is 5.92 Å².